The first-order valence-electron chi connectivity index (χ1n) is 3.41. The normalized spacial score (nSPS) is 25.4. The minimum absolute atomic E-state index is 0.0556. The molecule has 1 aliphatic heterocycles. The van der Waals surface area contributed by atoms with E-state index in [-0.39, 0.29) is 12.5 Å². The van der Waals surface area contributed by atoms with E-state index in [1.807, 2.05) is 0 Å². The Bertz CT molecular complexity index is 207. The lowest BCUT2D eigenvalue weighted by atomic mass is 10.5. The van der Waals surface area contributed by atoms with Gasteiger partial charge in [-0.15, -0.1) is 0 Å². The van der Waals surface area contributed by atoms with Crippen LogP contribution in [0.5, 0.6) is 0 Å². The highest BCUT2D eigenvalue weighted by Crippen LogP contribution is 2.27. The van der Waals surface area contributed by atoms with Crippen LogP contribution in [0.1, 0.15) is 12.8 Å². The molecule has 4 heteroatoms. The number of nitrogens with zero attached hydrogens (tertiary/aromatic N) is 2. The molecule has 1 saturated carbocycles. The second kappa shape index (κ2) is 1.71. The highest BCUT2D eigenvalue weighted by molar-refractivity contribution is 6.02. The molecular formula is C6H9N3O. The fourth-order valence-electron chi connectivity index (χ4n) is 1.15. The van der Waals surface area contributed by atoms with Crippen molar-refractivity contribution in [2.24, 2.45) is 10.7 Å². The van der Waals surface area contributed by atoms with Crippen molar-refractivity contribution in [2.75, 3.05) is 6.54 Å². The molecule has 2 N–H and O–H groups in total. The molecule has 1 aliphatic carbocycles. The van der Waals surface area contributed by atoms with Crippen molar-refractivity contribution in [3.05, 3.63) is 0 Å². The van der Waals surface area contributed by atoms with Crippen molar-refractivity contribution in [1.29, 1.82) is 0 Å². The molecule has 0 aromatic rings. The first-order chi connectivity index (χ1) is 4.79. The number of rotatable bonds is 1. The van der Waals surface area contributed by atoms with Gasteiger partial charge in [-0.2, -0.15) is 0 Å². The Kier molecular flexibility index (Phi) is 0.977. The van der Waals surface area contributed by atoms with Crippen LogP contribution in [0.2, 0.25) is 0 Å². The largest absolute Gasteiger partial charge is 0.369 e. The fourth-order valence-corrected chi connectivity index (χ4v) is 1.15. The minimum Gasteiger partial charge on any atom is -0.369 e. The van der Waals surface area contributed by atoms with Crippen molar-refractivity contribution >= 4 is 11.9 Å². The third-order valence-corrected chi connectivity index (χ3v) is 1.80. The lowest BCUT2D eigenvalue weighted by Gasteiger charge is -2.12. The van der Waals surface area contributed by atoms with Gasteiger partial charge in [0.15, 0.2) is 5.96 Å². The maximum Gasteiger partial charge on any atom is 0.251 e. The van der Waals surface area contributed by atoms with Crippen LogP contribution in [0.15, 0.2) is 4.99 Å². The van der Waals surface area contributed by atoms with Gasteiger partial charge in [0.2, 0.25) is 0 Å². The SMILES string of the molecule is NC1=NCC(=O)N1C1CC1. The standard InChI is InChI=1S/C6H9N3O/c7-6-8-3-5(10)9(6)4-1-2-4/h4H,1-3H2,(H2,7,8). The molecule has 1 amide bonds. The molecule has 10 heavy (non-hydrogen) atoms. The van der Waals surface area contributed by atoms with Gasteiger partial charge in [-0.05, 0) is 12.8 Å². The summed E-state index contributed by atoms with van der Waals surface area (Å²) in [5.74, 6) is 0.465. The second-order valence-corrected chi connectivity index (χ2v) is 2.67. The first kappa shape index (κ1) is 5.70. The Morgan fingerprint density at radius 3 is 2.70 bits per heavy atom. The third-order valence-electron chi connectivity index (χ3n) is 1.80. The molecule has 1 heterocycles. The summed E-state index contributed by atoms with van der Waals surface area (Å²) < 4.78 is 0. The Hall–Kier alpha value is -1.06. The fraction of sp³-hybridized carbons (Fsp3) is 0.667. The van der Waals surface area contributed by atoms with Crippen LogP contribution >= 0.6 is 0 Å². The van der Waals surface area contributed by atoms with E-state index in [0.29, 0.717) is 12.0 Å². The van der Waals surface area contributed by atoms with E-state index in [1.165, 1.54) is 0 Å². The third kappa shape index (κ3) is 0.683. The van der Waals surface area contributed by atoms with Crippen molar-refractivity contribution in [2.45, 2.75) is 18.9 Å². The molecule has 2 aliphatic rings. The van der Waals surface area contributed by atoms with E-state index in [1.54, 1.807) is 4.90 Å². The molecule has 0 spiro atoms. The maximum absolute atomic E-state index is 11.0. The van der Waals surface area contributed by atoms with Gasteiger partial charge in [-0.1, -0.05) is 0 Å². The van der Waals surface area contributed by atoms with E-state index >= 15 is 0 Å². The van der Waals surface area contributed by atoms with Gasteiger partial charge in [0.1, 0.15) is 6.54 Å². The lowest BCUT2D eigenvalue weighted by Crippen LogP contribution is -2.39. The summed E-state index contributed by atoms with van der Waals surface area (Å²) in [6.07, 6.45) is 2.17. The van der Waals surface area contributed by atoms with E-state index < -0.39 is 0 Å². The number of hydrogen-bond donors (Lipinski definition) is 1. The van der Waals surface area contributed by atoms with Gasteiger partial charge in [-0.25, -0.2) is 4.99 Å². The van der Waals surface area contributed by atoms with Crippen LogP contribution in [0.4, 0.5) is 0 Å². The molecule has 0 saturated heterocycles. The summed E-state index contributed by atoms with van der Waals surface area (Å²) in [6.45, 7) is 0.252. The Morgan fingerprint density at radius 2 is 2.30 bits per heavy atom. The summed E-state index contributed by atoms with van der Waals surface area (Å²) in [4.78, 5) is 16.4. The van der Waals surface area contributed by atoms with Crippen LogP contribution in [-0.4, -0.2) is 29.4 Å². The van der Waals surface area contributed by atoms with Crippen molar-refractivity contribution in [3.8, 4) is 0 Å². The zero-order valence-electron chi connectivity index (χ0n) is 5.58. The van der Waals surface area contributed by atoms with Crippen molar-refractivity contribution < 1.29 is 4.79 Å². The highest BCUT2D eigenvalue weighted by atomic mass is 16.2. The summed E-state index contributed by atoms with van der Waals surface area (Å²) in [5, 5.41) is 0. The predicted octanol–water partition coefficient (Wildman–Crippen LogP) is -0.694. The number of carbonyl (C=O) groups excluding carboxylic acids is 1. The molecule has 0 radical (unpaired) electrons. The van der Waals surface area contributed by atoms with E-state index in [4.69, 9.17) is 5.73 Å². The van der Waals surface area contributed by atoms with Crippen LogP contribution in [-0.2, 0) is 4.79 Å². The molecular weight excluding hydrogens is 130 g/mol. The molecule has 0 atom stereocenters. The highest BCUT2D eigenvalue weighted by Gasteiger charge is 2.37. The molecule has 54 valence electrons. The number of carbonyl (C=O) groups is 1. The predicted molar refractivity (Wildman–Crippen MR) is 36.4 cm³/mol. The zero-order chi connectivity index (χ0) is 7.14. The van der Waals surface area contributed by atoms with E-state index in [2.05, 4.69) is 4.99 Å². The number of hydrogen-bond acceptors (Lipinski definition) is 3. The Morgan fingerprint density at radius 1 is 1.60 bits per heavy atom. The lowest BCUT2D eigenvalue weighted by molar-refractivity contribution is -0.125. The quantitative estimate of drug-likeness (QED) is 0.522. The summed E-state index contributed by atoms with van der Waals surface area (Å²) in [6, 6.07) is 0.374. The Balaban J connectivity index is 2.16. The van der Waals surface area contributed by atoms with Crippen molar-refractivity contribution in [3.63, 3.8) is 0 Å². The summed E-state index contributed by atoms with van der Waals surface area (Å²) >= 11 is 0. The first-order valence-corrected chi connectivity index (χ1v) is 3.41. The Labute approximate surface area is 58.7 Å². The van der Waals surface area contributed by atoms with Crippen molar-refractivity contribution in [1.82, 2.24) is 4.90 Å². The van der Waals surface area contributed by atoms with Gasteiger partial charge < -0.3 is 5.73 Å². The molecule has 4 nitrogen and oxygen atoms in total. The van der Waals surface area contributed by atoms with Crippen LogP contribution in [0.3, 0.4) is 0 Å². The average Bonchev–Trinajstić information content (AvgIpc) is 2.64. The minimum atomic E-state index is 0.0556. The maximum atomic E-state index is 11.0. The van der Waals surface area contributed by atoms with Crippen LogP contribution in [0.25, 0.3) is 0 Å². The van der Waals surface area contributed by atoms with E-state index in [0.717, 1.165) is 12.8 Å². The summed E-state index contributed by atoms with van der Waals surface area (Å²) in [5.41, 5.74) is 5.47. The van der Waals surface area contributed by atoms with Crippen LogP contribution in [0, 0.1) is 0 Å². The van der Waals surface area contributed by atoms with Gasteiger partial charge in [0, 0.05) is 6.04 Å². The molecule has 0 aromatic heterocycles. The molecule has 0 bridgehead atoms. The molecule has 0 unspecified atom stereocenters. The van der Waals surface area contributed by atoms with E-state index in [9.17, 15) is 4.79 Å². The van der Waals surface area contributed by atoms with Gasteiger partial charge >= 0.3 is 0 Å². The number of aliphatic imine (C=N–C) groups is 1. The number of amides is 1. The van der Waals surface area contributed by atoms with Gasteiger partial charge in [-0.3, -0.25) is 9.69 Å². The van der Waals surface area contributed by atoms with Gasteiger partial charge in [0.05, 0.1) is 0 Å². The van der Waals surface area contributed by atoms with Crippen LogP contribution < -0.4 is 5.73 Å². The zero-order valence-corrected chi connectivity index (χ0v) is 5.58. The second-order valence-electron chi connectivity index (χ2n) is 2.67. The molecule has 1 fully saturated rings. The number of nitrogens with two attached hydrogens (primary N) is 1. The summed E-state index contributed by atoms with van der Waals surface area (Å²) in [7, 11) is 0. The monoisotopic (exact) mass is 139 g/mol. The molecule has 0 aromatic carbocycles. The topological polar surface area (TPSA) is 58.7 Å². The molecule has 2 rings (SSSR count). The average molecular weight is 139 g/mol. The smallest absolute Gasteiger partial charge is 0.251 e. The number of guanidine groups is 1. The van der Waals surface area contributed by atoms with Gasteiger partial charge in [0.25, 0.3) is 5.91 Å².